The quantitative estimate of drug-likeness (QED) is 0.551. The first kappa shape index (κ1) is 16.8. The van der Waals surface area contributed by atoms with Crippen molar-refractivity contribution in [1.29, 1.82) is 0 Å². The van der Waals surface area contributed by atoms with Gasteiger partial charge in [0.15, 0.2) is 17.0 Å². The van der Waals surface area contributed by atoms with Gasteiger partial charge in [-0.25, -0.2) is 9.77 Å². The Hall–Kier alpha value is -3.00. The molecule has 25 heavy (non-hydrogen) atoms. The third kappa shape index (κ3) is 3.29. The van der Waals surface area contributed by atoms with Crippen LogP contribution in [-0.4, -0.2) is 20.7 Å². The summed E-state index contributed by atoms with van der Waals surface area (Å²) in [5, 5.41) is 6.91. The van der Waals surface area contributed by atoms with Gasteiger partial charge in [0.05, 0.1) is 0 Å². The van der Waals surface area contributed by atoms with Crippen molar-refractivity contribution in [1.82, 2.24) is 14.9 Å². The summed E-state index contributed by atoms with van der Waals surface area (Å²) >= 11 is 5.25. The van der Waals surface area contributed by atoms with Gasteiger partial charge in [-0.05, 0) is 33.0 Å². The summed E-state index contributed by atoms with van der Waals surface area (Å²) in [5.74, 6) is 0.513. The van der Waals surface area contributed by atoms with E-state index >= 15 is 0 Å². The average Bonchev–Trinajstić information content (AvgIpc) is 2.88. The van der Waals surface area contributed by atoms with E-state index in [1.54, 1.807) is 6.92 Å². The van der Waals surface area contributed by atoms with Crippen LogP contribution in [0.15, 0.2) is 39.5 Å². The number of anilines is 1. The Kier molecular flexibility index (Phi) is 4.37. The summed E-state index contributed by atoms with van der Waals surface area (Å²) in [6.07, 6.45) is 0. The highest BCUT2D eigenvalue weighted by molar-refractivity contribution is 7.71. The maximum Gasteiger partial charge on any atom is 0.226 e. The van der Waals surface area contributed by atoms with Crippen LogP contribution in [-0.2, 0) is 0 Å². The molecule has 0 amide bonds. The predicted octanol–water partition coefficient (Wildman–Crippen LogP) is 3.26. The zero-order chi connectivity index (χ0) is 18.1. The summed E-state index contributed by atoms with van der Waals surface area (Å²) in [7, 11) is 0. The molecule has 0 aliphatic heterocycles. The van der Waals surface area contributed by atoms with E-state index in [9.17, 15) is 9.59 Å². The van der Waals surface area contributed by atoms with Crippen molar-refractivity contribution in [3.8, 4) is 11.4 Å². The summed E-state index contributed by atoms with van der Waals surface area (Å²) in [4.78, 5) is 24.0. The summed E-state index contributed by atoms with van der Waals surface area (Å²) in [5.41, 5.74) is 4.34. The van der Waals surface area contributed by atoms with E-state index in [1.807, 2.05) is 31.2 Å². The van der Waals surface area contributed by atoms with E-state index in [4.69, 9.17) is 16.6 Å². The second-order valence-electron chi connectivity index (χ2n) is 5.65. The molecule has 0 saturated carbocycles. The number of benzene rings is 1. The highest BCUT2D eigenvalue weighted by Gasteiger charge is 2.18. The van der Waals surface area contributed by atoms with Crippen molar-refractivity contribution in [2.45, 2.75) is 20.8 Å². The highest BCUT2D eigenvalue weighted by atomic mass is 32.1. The number of carbonyl (C=O) groups excluding carboxylic acids is 1. The number of H-pyrrole nitrogens is 1. The molecule has 0 aliphatic rings. The lowest BCUT2D eigenvalue weighted by molar-refractivity contribution is 0.101. The zero-order valence-corrected chi connectivity index (χ0v) is 14.7. The fourth-order valence-corrected chi connectivity index (χ4v) is 2.60. The van der Waals surface area contributed by atoms with Gasteiger partial charge in [0.1, 0.15) is 11.3 Å². The Morgan fingerprint density at radius 2 is 1.96 bits per heavy atom. The Morgan fingerprint density at radius 1 is 1.28 bits per heavy atom. The number of nitrogens with one attached hydrogen (secondary N) is 2. The van der Waals surface area contributed by atoms with E-state index in [2.05, 4.69) is 15.6 Å². The Balaban J connectivity index is 2.13. The minimum absolute atomic E-state index is 0.0309. The predicted molar refractivity (Wildman–Crippen MR) is 96.3 cm³/mol. The fourth-order valence-electron chi connectivity index (χ4n) is 2.42. The molecule has 0 spiro atoms. The molecule has 2 N–H and O–H groups in total. The molecule has 2 heterocycles. The largest absolute Gasteiger partial charge is 0.443 e. The monoisotopic (exact) mass is 356 g/mol. The van der Waals surface area contributed by atoms with Crippen LogP contribution in [0.3, 0.4) is 0 Å². The smallest absolute Gasteiger partial charge is 0.226 e. The van der Waals surface area contributed by atoms with Gasteiger partial charge in [-0.3, -0.25) is 15.0 Å². The van der Waals surface area contributed by atoms with Crippen molar-refractivity contribution < 1.29 is 9.21 Å². The number of carbonyl (C=O) groups is 1. The first-order valence-electron chi connectivity index (χ1n) is 7.54. The minimum atomic E-state index is -0.411. The van der Waals surface area contributed by atoms with E-state index < -0.39 is 11.2 Å². The van der Waals surface area contributed by atoms with Gasteiger partial charge in [0.25, 0.3) is 0 Å². The number of nitrogens with zero attached hydrogens (tertiary/aromatic N) is 2. The van der Waals surface area contributed by atoms with E-state index in [-0.39, 0.29) is 16.2 Å². The lowest BCUT2D eigenvalue weighted by Crippen LogP contribution is -2.20. The van der Waals surface area contributed by atoms with Crippen molar-refractivity contribution in [2.75, 3.05) is 5.43 Å². The molecule has 2 aromatic heterocycles. The van der Waals surface area contributed by atoms with Gasteiger partial charge < -0.3 is 4.42 Å². The first-order chi connectivity index (χ1) is 11.9. The van der Waals surface area contributed by atoms with Crippen molar-refractivity contribution in [3.05, 3.63) is 62.2 Å². The zero-order valence-electron chi connectivity index (χ0n) is 13.9. The molecule has 1 aromatic carbocycles. The number of aromatic nitrogens is 3. The number of ketones is 1. The molecule has 0 fully saturated rings. The topological polar surface area (TPSA) is 92.9 Å². The molecule has 3 aromatic rings. The lowest BCUT2D eigenvalue weighted by Gasteiger charge is -2.12. The van der Waals surface area contributed by atoms with Crippen LogP contribution in [0.2, 0.25) is 0 Å². The Morgan fingerprint density at radius 3 is 2.60 bits per heavy atom. The molecule has 0 atom stereocenters. The summed E-state index contributed by atoms with van der Waals surface area (Å²) in [6.45, 7) is 4.92. The Labute approximate surface area is 148 Å². The lowest BCUT2D eigenvalue weighted by atomic mass is 10.1. The highest BCUT2D eigenvalue weighted by Crippen LogP contribution is 2.20. The van der Waals surface area contributed by atoms with Gasteiger partial charge in [-0.15, -0.1) is 0 Å². The molecular formula is C17H16N4O3S. The molecule has 0 bridgehead atoms. The first-order valence-corrected chi connectivity index (χ1v) is 7.95. The maximum absolute atomic E-state index is 12.1. The molecule has 128 valence electrons. The molecule has 0 unspecified atom stereocenters. The number of Topliss-reactive ketones (excluding diaryl/α,β-unsaturated/α-hetero) is 1. The third-order valence-corrected chi connectivity index (χ3v) is 3.89. The maximum atomic E-state index is 12.1. The van der Waals surface area contributed by atoms with E-state index in [0.717, 1.165) is 11.1 Å². The molecule has 3 rings (SSSR count). The molecule has 0 aliphatic carbocycles. The second-order valence-corrected chi connectivity index (χ2v) is 6.03. The van der Waals surface area contributed by atoms with Crippen LogP contribution in [0.4, 0.5) is 5.88 Å². The molecule has 0 radical (unpaired) electrons. The van der Waals surface area contributed by atoms with Crippen LogP contribution in [0.5, 0.6) is 0 Å². The van der Waals surface area contributed by atoms with Crippen LogP contribution in [0.1, 0.15) is 28.6 Å². The average molecular weight is 356 g/mol. The summed E-state index contributed by atoms with van der Waals surface area (Å²) in [6, 6.07) is 8.97. The number of aromatic amines is 1. The van der Waals surface area contributed by atoms with Crippen LogP contribution in [0.25, 0.3) is 11.4 Å². The van der Waals surface area contributed by atoms with E-state index in [1.165, 1.54) is 17.7 Å². The second kappa shape index (κ2) is 6.48. The third-order valence-electron chi connectivity index (χ3n) is 3.62. The van der Waals surface area contributed by atoms with Gasteiger partial charge in [-0.2, -0.15) is 5.10 Å². The van der Waals surface area contributed by atoms with E-state index in [0.29, 0.717) is 11.6 Å². The molecule has 0 saturated heterocycles. The van der Waals surface area contributed by atoms with Crippen LogP contribution >= 0.6 is 12.2 Å². The molecular weight excluding hydrogens is 340 g/mol. The van der Waals surface area contributed by atoms with Crippen molar-refractivity contribution >= 4 is 23.9 Å². The van der Waals surface area contributed by atoms with Crippen molar-refractivity contribution in [2.24, 2.45) is 0 Å². The molecule has 7 nitrogen and oxygen atoms in total. The van der Waals surface area contributed by atoms with Crippen LogP contribution < -0.4 is 10.9 Å². The number of aryl methyl sites for hydroxylation is 2. The number of hydrogen-bond donors (Lipinski definition) is 2. The number of hydrogen-bond acceptors (Lipinski definition) is 6. The van der Waals surface area contributed by atoms with Gasteiger partial charge in [0.2, 0.25) is 10.7 Å². The van der Waals surface area contributed by atoms with Gasteiger partial charge >= 0.3 is 0 Å². The Bertz CT molecular complexity index is 1060. The van der Waals surface area contributed by atoms with Crippen molar-refractivity contribution in [3.63, 3.8) is 0 Å². The standard InChI is InChI=1S/C17H16N4O3S/c1-9-4-6-12(7-5-9)15-18-19-17(25)21(15)20-16-14(11(3)22)13(23)8-10(2)24-16/h4-8,20H,1-3H3,(H,19,25). The number of rotatable bonds is 4. The normalized spacial score (nSPS) is 10.7. The minimum Gasteiger partial charge on any atom is -0.443 e. The SMILES string of the molecule is CC(=O)c1c(Nn2c(-c3ccc(C)cc3)n[nH]c2=S)oc(C)cc1=O. The fraction of sp³-hybridized carbons (Fsp3) is 0.176. The van der Waals surface area contributed by atoms with Crippen LogP contribution in [0, 0.1) is 18.6 Å². The molecule has 8 heteroatoms. The van der Waals surface area contributed by atoms with Gasteiger partial charge in [-0.1, -0.05) is 29.8 Å². The van der Waals surface area contributed by atoms with Gasteiger partial charge in [0, 0.05) is 11.6 Å². The summed E-state index contributed by atoms with van der Waals surface area (Å²) < 4.78 is 7.28.